The third kappa shape index (κ3) is 4.31. The van der Waals surface area contributed by atoms with Crippen LogP contribution in [0.5, 0.6) is 5.75 Å². The average molecular weight is 622 g/mol. The Kier molecular flexibility index (Phi) is 7.01. The molecule has 0 radical (unpaired) electrons. The van der Waals surface area contributed by atoms with Crippen LogP contribution in [0.1, 0.15) is 86.5 Å². The first-order valence-electron chi connectivity index (χ1n) is 17.0. The maximum atomic E-state index is 13.8. The molecule has 3 fully saturated rings. The minimum absolute atomic E-state index is 0.0174. The predicted molar refractivity (Wildman–Crippen MR) is 179 cm³/mol. The van der Waals surface area contributed by atoms with Crippen molar-refractivity contribution in [1.29, 1.82) is 0 Å². The van der Waals surface area contributed by atoms with Gasteiger partial charge in [-0.2, -0.15) is 0 Å². The maximum Gasteiger partial charge on any atom is 0.311 e. The number of benzene rings is 1. The summed E-state index contributed by atoms with van der Waals surface area (Å²) in [6.07, 6.45) is 14.7. The first kappa shape index (κ1) is 31.0. The molecule has 0 unspecified atom stereocenters. The molecule has 7 rings (SSSR count). The van der Waals surface area contributed by atoms with E-state index >= 15 is 0 Å². The number of fused-ring (bicyclic) bond motifs is 8. The van der Waals surface area contributed by atoms with Gasteiger partial charge in [0.15, 0.2) is 5.76 Å². The molecule has 6 atom stereocenters. The van der Waals surface area contributed by atoms with Gasteiger partial charge < -0.3 is 14.6 Å². The van der Waals surface area contributed by atoms with Gasteiger partial charge in [0.05, 0.1) is 10.9 Å². The molecular weight excluding hydrogens is 574 g/mol. The molecular formula is C40H47NO5. The quantitative estimate of drug-likeness (QED) is 0.265. The van der Waals surface area contributed by atoms with Gasteiger partial charge in [0.1, 0.15) is 19.0 Å². The van der Waals surface area contributed by atoms with Crippen molar-refractivity contribution in [3.05, 3.63) is 82.8 Å². The molecule has 2 aromatic rings. The molecule has 5 aliphatic rings. The van der Waals surface area contributed by atoms with Gasteiger partial charge in [0.2, 0.25) is 5.78 Å². The summed E-state index contributed by atoms with van der Waals surface area (Å²) in [5, 5.41) is 11.4. The molecule has 1 heterocycles. The van der Waals surface area contributed by atoms with Crippen molar-refractivity contribution in [3.8, 4) is 5.75 Å². The monoisotopic (exact) mass is 621 g/mol. The molecule has 6 nitrogen and oxygen atoms in total. The summed E-state index contributed by atoms with van der Waals surface area (Å²) in [5.74, 6) is 0.555. The number of carbonyl (C=O) groups is 2. The first-order chi connectivity index (χ1) is 21.8. The zero-order valence-electron chi connectivity index (χ0n) is 28.2. The lowest BCUT2D eigenvalue weighted by Gasteiger charge is -2.70. The van der Waals surface area contributed by atoms with Crippen molar-refractivity contribution in [3.63, 3.8) is 0 Å². The fraction of sp³-hybridized carbons (Fsp3) is 0.525. The number of ether oxygens (including phenoxy) is 2. The Morgan fingerprint density at radius 2 is 1.74 bits per heavy atom. The Bertz CT molecular complexity index is 1780. The molecule has 3 saturated carbocycles. The zero-order valence-corrected chi connectivity index (χ0v) is 28.2. The normalized spacial score (nSPS) is 36.8. The number of rotatable bonds is 5. The number of hydrogen-bond acceptors (Lipinski definition) is 6. The van der Waals surface area contributed by atoms with Gasteiger partial charge in [-0.25, -0.2) is 0 Å². The Hall–Kier alpha value is -3.67. The molecule has 1 N–H and O–H groups in total. The van der Waals surface area contributed by atoms with Gasteiger partial charge in [0.25, 0.3) is 0 Å². The average Bonchev–Trinajstić information content (AvgIpc) is 3.04. The van der Waals surface area contributed by atoms with Crippen LogP contribution in [-0.2, 0) is 14.3 Å². The summed E-state index contributed by atoms with van der Waals surface area (Å²) >= 11 is 0. The Morgan fingerprint density at radius 3 is 2.54 bits per heavy atom. The largest absolute Gasteiger partial charge is 0.504 e. The van der Waals surface area contributed by atoms with E-state index in [0.717, 1.165) is 72.7 Å². The second-order valence-corrected chi connectivity index (χ2v) is 15.9. The van der Waals surface area contributed by atoms with E-state index in [0.29, 0.717) is 18.1 Å². The van der Waals surface area contributed by atoms with Crippen LogP contribution in [-0.4, -0.2) is 35.1 Å². The second-order valence-electron chi connectivity index (χ2n) is 15.9. The lowest BCUT2D eigenvalue weighted by atomic mass is 9.34. The second kappa shape index (κ2) is 10.4. The van der Waals surface area contributed by atoms with Crippen LogP contribution in [0.2, 0.25) is 0 Å². The summed E-state index contributed by atoms with van der Waals surface area (Å²) in [6, 6.07) is 9.70. The number of allylic oxidation sites excluding steroid dienone is 7. The minimum atomic E-state index is -0.554. The number of ketones is 1. The molecule has 242 valence electrons. The molecule has 0 aliphatic heterocycles. The number of carbonyl (C=O) groups excluding carboxylic acids is 2. The molecule has 1 aromatic heterocycles. The highest BCUT2D eigenvalue weighted by molar-refractivity contribution is 6.06. The van der Waals surface area contributed by atoms with Gasteiger partial charge in [-0.3, -0.25) is 14.6 Å². The number of esters is 1. The van der Waals surface area contributed by atoms with E-state index in [-0.39, 0.29) is 45.8 Å². The summed E-state index contributed by atoms with van der Waals surface area (Å²) in [4.78, 5) is 31.0. The number of nitrogens with zero attached hydrogens (tertiary/aromatic N) is 1. The summed E-state index contributed by atoms with van der Waals surface area (Å²) in [7, 11) is 0. The van der Waals surface area contributed by atoms with E-state index in [1.165, 1.54) is 5.57 Å². The van der Waals surface area contributed by atoms with Gasteiger partial charge in [-0.15, -0.1) is 0 Å². The zero-order chi connectivity index (χ0) is 32.7. The number of pyridine rings is 1. The standard InChI is InChI=1S/C40H47NO5/c1-25-26-12-13-32-38(4,28(26)23-30(42)34(25)43)17-19-40(6)33-24-37(3,15-14-36(33,2)16-18-39(32,40)5)35(44)46-22-21-45-31-11-7-10-29-27(31)9-8-20-41-29/h7-13,20,23,33,43H,14-19,21-22,24H2,1-6H3/t33-,36-,37-,38+,39-,40+/m1/s1. The van der Waals surface area contributed by atoms with E-state index < -0.39 is 5.41 Å². The lowest BCUT2D eigenvalue weighted by Crippen LogP contribution is -2.62. The van der Waals surface area contributed by atoms with Gasteiger partial charge >= 0.3 is 5.97 Å². The molecule has 0 bridgehead atoms. The minimum Gasteiger partial charge on any atom is -0.504 e. The van der Waals surface area contributed by atoms with Crippen molar-refractivity contribution in [1.82, 2.24) is 4.98 Å². The van der Waals surface area contributed by atoms with Crippen molar-refractivity contribution in [2.24, 2.45) is 33.0 Å². The van der Waals surface area contributed by atoms with Crippen molar-refractivity contribution in [2.75, 3.05) is 13.2 Å². The van der Waals surface area contributed by atoms with E-state index in [2.05, 4.69) is 51.8 Å². The lowest BCUT2D eigenvalue weighted by molar-refractivity contribution is -0.182. The molecule has 0 spiro atoms. The summed E-state index contributed by atoms with van der Waals surface area (Å²) < 4.78 is 12.0. The van der Waals surface area contributed by atoms with Crippen LogP contribution in [0.25, 0.3) is 10.9 Å². The topological polar surface area (TPSA) is 85.7 Å². The molecule has 46 heavy (non-hydrogen) atoms. The Morgan fingerprint density at radius 1 is 0.957 bits per heavy atom. The SMILES string of the molecule is CC1=C(O)C(=O)C=C2C1=CC=C1[C@@]2(C)CC[C@@]2(C)[C@@H]3C[C@](C)(C(=O)OCCOc4cccc5ncccc45)CC[C@]3(C)CC[C@]12C. The number of aliphatic hydroxyl groups excluding tert-OH is 1. The van der Waals surface area contributed by atoms with Gasteiger partial charge in [-0.05, 0) is 122 Å². The van der Waals surface area contributed by atoms with E-state index in [1.807, 2.05) is 37.3 Å². The van der Waals surface area contributed by atoms with Crippen LogP contribution in [0, 0.1) is 33.0 Å². The third-order valence-electron chi connectivity index (χ3n) is 13.5. The van der Waals surface area contributed by atoms with Gasteiger partial charge in [-0.1, -0.05) is 51.5 Å². The van der Waals surface area contributed by atoms with Crippen molar-refractivity contribution < 1.29 is 24.2 Å². The molecule has 1 aromatic carbocycles. The fourth-order valence-electron chi connectivity index (χ4n) is 10.3. The van der Waals surface area contributed by atoms with E-state index in [1.54, 1.807) is 12.3 Å². The summed E-state index contributed by atoms with van der Waals surface area (Å²) in [5.41, 5.74) is 4.25. The van der Waals surface area contributed by atoms with Crippen LogP contribution in [0.4, 0.5) is 0 Å². The molecule has 5 aliphatic carbocycles. The van der Waals surface area contributed by atoms with Crippen LogP contribution in [0.15, 0.2) is 82.8 Å². The highest BCUT2D eigenvalue weighted by Crippen LogP contribution is 2.75. The number of aliphatic hydroxyl groups is 1. The Labute approximate surface area is 272 Å². The smallest absolute Gasteiger partial charge is 0.311 e. The molecule has 0 amide bonds. The van der Waals surface area contributed by atoms with E-state index in [4.69, 9.17) is 9.47 Å². The highest BCUT2D eigenvalue weighted by Gasteiger charge is 2.67. The molecule has 0 saturated heterocycles. The fourth-order valence-corrected chi connectivity index (χ4v) is 10.3. The first-order valence-corrected chi connectivity index (χ1v) is 17.0. The number of hydrogen-bond donors (Lipinski definition) is 1. The van der Waals surface area contributed by atoms with Crippen LogP contribution in [0.3, 0.4) is 0 Å². The van der Waals surface area contributed by atoms with Crippen molar-refractivity contribution in [2.45, 2.75) is 86.5 Å². The van der Waals surface area contributed by atoms with Crippen molar-refractivity contribution >= 4 is 22.7 Å². The van der Waals surface area contributed by atoms with Gasteiger partial charge in [0, 0.05) is 22.6 Å². The van der Waals surface area contributed by atoms with E-state index in [9.17, 15) is 14.7 Å². The summed E-state index contributed by atoms with van der Waals surface area (Å²) in [6.45, 7) is 14.2. The Balaban J connectivity index is 1.11. The van der Waals surface area contributed by atoms with Crippen LogP contribution >= 0.6 is 0 Å². The maximum absolute atomic E-state index is 13.8. The highest BCUT2D eigenvalue weighted by atomic mass is 16.6. The third-order valence-corrected chi connectivity index (χ3v) is 13.5. The number of aromatic nitrogens is 1. The predicted octanol–water partition coefficient (Wildman–Crippen LogP) is 8.78. The van der Waals surface area contributed by atoms with Crippen LogP contribution < -0.4 is 4.74 Å². The molecule has 6 heteroatoms.